The Labute approximate surface area is 205 Å². The summed E-state index contributed by atoms with van der Waals surface area (Å²) in [6, 6.07) is 19.4. The molecule has 0 fully saturated rings. The molecule has 3 nitrogen and oxygen atoms in total. The second-order valence-corrected chi connectivity index (χ2v) is 9.45. The van der Waals surface area contributed by atoms with Gasteiger partial charge in [-0.25, -0.2) is 0 Å². The molecule has 3 heteroatoms. The van der Waals surface area contributed by atoms with Gasteiger partial charge in [0, 0.05) is 11.8 Å². The number of benzene rings is 3. The first-order valence-electron chi connectivity index (χ1n) is 13.4. The monoisotopic (exact) mass is 462 g/mol. The molecule has 0 saturated heterocycles. The van der Waals surface area contributed by atoms with Crippen molar-refractivity contribution in [3.8, 4) is 5.75 Å². The Morgan fingerprint density at radius 3 is 1.76 bits per heavy atom. The van der Waals surface area contributed by atoms with Gasteiger partial charge in [-0.05, 0) is 47.2 Å². The molecule has 0 radical (unpaired) electrons. The van der Waals surface area contributed by atoms with Crippen molar-refractivity contribution in [1.82, 2.24) is 0 Å². The summed E-state index contributed by atoms with van der Waals surface area (Å²) in [5.74, 6) is 0.929. The zero-order valence-corrected chi connectivity index (χ0v) is 21.0. The number of esters is 1. The normalized spacial score (nSPS) is 11.2. The average Bonchev–Trinajstić information content (AvgIpc) is 2.87. The molecule has 184 valence electrons. The van der Waals surface area contributed by atoms with Gasteiger partial charge in [0.25, 0.3) is 0 Å². The molecule has 0 heterocycles. The second kappa shape index (κ2) is 15.4. The molecular weight excluding hydrogens is 420 g/mol. The number of carbonyl (C=O) groups excluding carboxylic acids is 1. The first kappa shape index (κ1) is 26.1. The van der Waals surface area contributed by atoms with Crippen molar-refractivity contribution in [2.24, 2.45) is 0 Å². The lowest BCUT2D eigenvalue weighted by molar-refractivity contribution is -0.140. The smallest absolute Gasteiger partial charge is 0.305 e. The minimum Gasteiger partial charge on any atom is -0.493 e. The number of hydrogen-bond acceptors (Lipinski definition) is 3. The van der Waals surface area contributed by atoms with Gasteiger partial charge in [0.15, 0.2) is 0 Å². The number of hydrogen-bond donors (Lipinski definition) is 0. The molecular formula is C31H42O3. The number of fused-ring (bicyclic) bond motifs is 2. The fourth-order valence-corrected chi connectivity index (χ4v) is 4.66. The van der Waals surface area contributed by atoms with Crippen LogP contribution < -0.4 is 4.74 Å². The maximum atomic E-state index is 11.1. The molecule has 0 aliphatic heterocycles. The number of rotatable bonds is 17. The summed E-state index contributed by atoms with van der Waals surface area (Å²) >= 11 is 0. The average molecular weight is 463 g/mol. The SMILES string of the molecule is COC(=O)CCCCCCCCCCCCCCCOc1cccc2cc3ccccc3cc12. The summed E-state index contributed by atoms with van der Waals surface area (Å²) in [6.45, 7) is 0.797. The fourth-order valence-electron chi connectivity index (χ4n) is 4.66. The molecule has 0 saturated carbocycles. The van der Waals surface area contributed by atoms with E-state index in [1.165, 1.54) is 92.9 Å². The zero-order valence-electron chi connectivity index (χ0n) is 21.0. The van der Waals surface area contributed by atoms with E-state index >= 15 is 0 Å². The van der Waals surface area contributed by atoms with Gasteiger partial charge in [-0.1, -0.05) is 107 Å². The Balaban J connectivity index is 1.18. The highest BCUT2D eigenvalue weighted by molar-refractivity contribution is 6.00. The zero-order chi connectivity index (χ0) is 23.8. The lowest BCUT2D eigenvalue weighted by Gasteiger charge is -2.10. The van der Waals surface area contributed by atoms with Crippen LogP contribution in [0.25, 0.3) is 21.5 Å². The van der Waals surface area contributed by atoms with Gasteiger partial charge >= 0.3 is 5.97 Å². The van der Waals surface area contributed by atoms with Crippen LogP contribution in [0.15, 0.2) is 54.6 Å². The molecule has 34 heavy (non-hydrogen) atoms. The van der Waals surface area contributed by atoms with Crippen molar-refractivity contribution in [3.63, 3.8) is 0 Å². The highest BCUT2D eigenvalue weighted by atomic mass is 16.5. The van der Waals surface area contributed by atoms with E-state index < -0.39 is 0 Å². The van der Waals surface area contributed by atoms with Crippen molar-refractivity contribution < 1.29 is 14.3 Å². The molecule has 0 unspecified atom stereocenters. The predicted molar refractivity (Wildman–Crippen MR) is 144 cm³/mol. The summed E-state index contributed by atoms with van der Waals surface area (Å²) in [6.07, 6.45) is 17.0. The molecule has 0 atom stereocenters. The lowest BCUT2D eigenvalue weighted by Crippen LogP contribution is -1.99. The van der Waals surface area contributed by atoms with Crippen LogP contribution in [-0.4, -0.2) is 19.7 Å². The molecule has 3 aromatic carbocycles. The van der Waals surface area contributed by atoms with Gasteiger partial charge in [0.2, 0.25) is 0 Å². The van der Waals surface area contributed by atoms with Crippen LogP contribution in [0, 0.1) is 0 Å². The van der Waals surface area contributed by atoms with Crippen molar-refractivity contribution in [2.75, 3.05) is 13.7 Å². The van der Waals surface area contributed by atoms with E-state index in [0.717, 1.165) is 31.6 Å². The largest absolute Gasteiger partial charge is 0.493 e. The fraction of sp³-hybridized carbons (Fsp3) is 0.516. The standard InChI is InChI=1S/C31H42O3/c1-33-31(32)22-13-11-9-7-5-3-2-4-6-8-10-12-16-23-34-30-21-17-20-28-24-26-18-14-15-19-27(26)25-29(28)30/h14-15,17-21,24-25H,2-13,16,22-23H2,1H3. The number of methoxy groups -OCH3 is 1. The first-order valence-corrected chi connectivity index (χ1v) is 13.4. The quantitative estimate of drug-likeness (QED) is 0.114. The van der Waals surface area contributed by atoms with E-state index in [1.807, 2.05) is 0 Å². The van der Waals surface area contributed by atoms with Crippen LogP contribution in [-0.2, 0) is 9.53 Å². The highest BCUT2D eigenvalue weighted by Gasteiger charge is 2.04. The van der Waals surface area contributed by atoms with Crippen LogP contribution in [0.1, 0.15) is 89.9 Å². The van der Waals surface area contributed by atoms with Gasteiger partial charge in [-0.3, -0.25) is 4.79 Å². The molecule has 0 N–H and O–H groups in total. The summed E-state index contributed by atoms with van der Waals surface area (Å²) in [4.78, 5) is 11.1. The maximum absolute atomic E-state index is 11.1. The van der Waals surface area contributed by atoms with Gasteiger partial charge in [-0.15, -0.1) is 0 Å². The van der Waals surface area contributed by atoms with Crippen molar-refractivity contribution in [1.29, 1.82) is 0 Å². The minimum absolute atomic E-state index is 0.0776. The second-order valence-electron chi connectivity index (χ2n) is 9.45. The molecule has 0 aliphatic carbocycles. The lowest BCUT2D eigenvalue weighted by atomic mass is 10.0. The first-order chi connectivity index (χ1) is 16.8. The van der Waals surface area contributed by atoms with Crippen molar-refractivity contribution in [3.05, 3.63) is 54.6 Å². The Morgan fingerprint density at radius 2 is 1.15 bits per heavy atom. The Bertz CT molecular complexity index is 994. The molecule has 0 spiro atoms. The molecule has 0 aliphatic rings. The van der Waals surface area contributed by atoms with Gasteiger partial charge in [-0.2, -0.15) is 0 Å². The van der Waals surface area contributed by atoms with Crippen LogP contribution in [0.3, 0.4) is 0 Å². The minimum atomic E-state index is -0.0776. The summed E-state index contributed by atoms with van der Waals surface area (Å²) in [5.41, 5.74) is 0. The van der Waals surface area contributed by atoms with Crippen molar-refractivity contribution in [2.45, 2.75) is 89.9 Å². The molecule has 0 aromatic heterocycles. The topological polar surface area (TPSA) is 35.5 Å². The third-order valence-electron chi connectivity index (χ3n) is 6.72. The number of ether oxygens (including phenoxy) is 2. The number of unbranched alkanes of at least 4 members (excludes halogenated alkanes) is 12. The van der Waals surface area contributed by atoms with Gasteiger partial charge in [0.05, 0.1) is 13.7 Å². The number of carbonyl (C=O) groups is 1. The van der Waals surface area contributed by atoms with E-state index in [2.05, 4.69) is 59.3 Å². The van der Waals surface area contributed by atoms with E-state index in [0.29, 0.717) is 6.42 Å². The summed E-state index contributed by atoms with van der Waals surface area (Å²) < 4.78 is 10.8. The van der Waals surface area contributed by atoms with Crippen LogP contribution in [0.4, 0.5) is 0 Å². The predicted octanol–water partition coefficient (Wildman–Crippen LogP) is 9.01. The molecule has 3 rings (SSSR count). The Morgan fingerprint density at radius 1 is 0.618 bits per heavy atom. The van der Waals surface area contributed by atoms with Gasteiger partial charge in [0.1, 0.15) is 5.75 Å². The van der Waals surface area contributed by atoms with Gasteiger partial charge < -0.3 is 9.47 Å². The van der Waals surface area contributed by atoms with E-state index in [1.54, 1.807) is 0 Å². The Hall–Kier alpha value is -2.55. The molecule has 0 amide bonds. The van der Waals surface area contributed by atoms with Crippen molar-refractivity contribution >= 4 is 27.5 Å². The van der Waals surface area contributed by atoms with Crippen LogP contribution >= 0.6 is 0 Å². The van der Waals surface area contributed by atoms with E-state index in [-0.39, 0.29) is 5.97 Å². The Kier molecular flexibility index (Phi) is 11.8. The van der Waals surface area contributed by atoms with Crippen LogP contribution in [0.2, 0.25) is 0 Å². The summed E-state index contributed by atoms with van der Waals surface area (Å²) in [5, 5.41) is 5.00. The molecule has 3 aromatic rings. The maximum Gasteiger partial charge on any atom is 0.305 e. The van der Waals surface area contributed by atoms with E-state index in [9.17, 15) is 4.79 Å². The van der Waals surface area contributed by atoms with Crippen LogP contribution in [0.5, 0.6) is 5.75 Å². The summed E-state index contributed by atoms with van der Waals surface area (Å²) in [7, 11) is 1.46. The third kappa shape index (κ3) is 9.00. The third-order valence-corrected chi connectivity index (χ3v) is 6.72. The molecule has 0 bridgehead atoms. The van der Waals surface area contributed by atoms with E-state index in [4.69, 9.17) is 4.74 Å². The highest BCUT2D eigenvalue weighted by Crippen LogP contribution is 2.30.